The number of hydrogen-bond acceptors (Lipinski definition) is 7. The highest BCUT2D eigenvalue weighted by atomic mass is 16.5. The molecule has 2 aromatic carbocycles. The normalized spacial score (nSPS) is 11.7. The van der Waals surface area contributed by atoms with E-state index < -0.39 is 30.2 Å². The van der Waals surface area contributed by atoms with E-state index in [0.29, 0.717) is 28.0 Å². The second kappa shape index (κ2) is 8.47. The van der Waals surface area contributed by atoms with E-state index in [2.05, 4.69) is 5.32 Å². The molecule has 3 aromatic rings. The number of fused-ring (bicyclic) bond motifs is 1. The minimum absolute atomic E-state index is 0.295. The number of carbonyl (C=O) groups is 2. The van der Waals surface area contributed by atoms with Gasteiger partial charge in [0.05, 0.1) is 19.1 Å². The zero-order valence-electron chi connectivity index (χ0n) is 15.8. The Bertz CT molecular complexity index is 1100. The molecule has 0 saturated heterocycles. The van der Waals surface area contributed by atoms with Crippen LogP contribution in [-0.2, 0) is 9.59 Å². The Morgan fingerprint density at radius 1 is 1.10 bits per heavy atom. The lowest BCUT2D eigenvalue weighted by Crippen LogP contribution is -2.47. The molecule has 0 radical (unpaired) electrons. The molecule has 8 nitrogen and oxygen atoms in total. The summed E-state index contributed by atoms with van der Waals surface area (Å²) in [7, 11) is 1.57. The first-order valence-corrected chi connectivity index (χ1v) is 8.72. The zero-order chi connectivity index (χ0) is 21.0. The van der Waals surface area contributed by atoms with Crippen LogP contribution in [0.5, 0.6) is 11.5 Å². The van der Waals surface area contributed by atoms with Gasteiger partial charge in [-0.25, -0.2) is 4.79 Å². The van der Waals surface area contributed by atoms with Crippen molar-refractivity contribution in [3.05, 3.63) is 59.0 Å². The van der Waals surface area contributed by atoms with Gasteiger partial charge in [0.1, 0.15) is 17.1 Å². The minimum atomic E-state index is -1.39. The smallest absolute Gasteiger partial charge is 0.336 e. The second-order valence-electron chi connectivity index (χ2n) is 6.26. The summed E-state index contributed by atoms with van der Waals surface area (Å²) in [5, 5.41) is 13.6. The van der Waals surface area contributed by atoms with Crippen molar-refractivity contribution < 1.29 is 28.6 Å². The molecule has 0 aliphatic rings. The summed E-state index contributed by atoms with van der Waals surface area (Å²) in [6, 6.07) is 12.4. The van der Waals surface area contributed by atoms with E-state index in [1.807, 2.05) is 12.1 Å². The molecular weight excluding hydrogens is 378 g/mol. The lowest BCUT2D eigenvalue weighted by atomic mass is 10.0. The Kier molecular flexibility index (Phi) is 5.82. The largest absolute Gasteiger partial charge is 0.548 e. The van der Waals surface area contributed by atoms with Crippen LogP contribution < -0.4 is 25.5 Å². The number of amides is 1. The molecule has 0 bridgehead atoms. The molecule has 29 heavy (non-hydrogen) atoms. The van der Waals surface area contributed by atoms with Gasteiger partial charge >= 0.3 is 5.63 Å². The second-order valence-corrected chi connectivity index (χ2v) is 6.26. The lowest BCUT2D eigenvalue weighted by molar-refractivity contribution is -0.307. The number of carboxylic acid groups (broad SMARTS) is 1. The third-order valence-corrected chi connectivity index (χ3v) is 4.22. The number of aliphatic carboxylic acids is 1. The van der Waals surface area contributed by atoms with Crippen LogP contribution in [0.15, 0.2) is 57.7 Å². The summed E-state index contributed by atoms with van der Waals surface area (Å²) in [6.07, 6.45) is 0. The van der Waals surface area contributed by atoms with Gasteiger partial charge in [-0.05, 0) is 42.3 Å². The molecule has 0 aliphatic heterocycles. The molecule has 8 heteroatoms. The topological polar surface area (TPSA) is 118 Å². The van der Waals surface area contributed by atoms with Crippen molar-refractivity contribution in [3.8, 4) is 22.6 Å². The van der Waals surface area contributed by atoms with E-state index in [0.717, 1.165) is 5.56 Å². The molecule has 1 atom stereocenters. The van der Waals surface area contributed by atoms with Gasteiger partial charge < -0.3 is 29.1 Å². The lowest BCUT2D eigenvalue weighted by Gasteiger charge is -2.15. The van der Waals surface area contributed by atoms with Crippen LogP contribution in [0, 0.1) is 0 Å². The maximum Gasteiger partial charge on any atom is 0.336 e. The molecule has 3 rings (SSSR count). The summed E-state index contributed by atoms with van der Waals surface area (Å²) in [5.41, 5.74) is 1.27. The van der Waals surface area contributed by atoms with Gasteiger partial charge in [0.25, 0.3) is 5.91 Å². The Balaban J connectivity index is 1.84. The van der Waals surface area contributed by atoms with Crippen molar-refractivity contribution in [3.63, 3.8) is 0 Å². The molecule has 1 heterocycles. The summed E-state index contributed by atoms with van der Waals surface area (Å²) in [5.74, 6) is -1.01. The van der Waals surface area contributed by atoms with E-state index in [9.17, 15) is 19.5 Å². The summed E-state index contributed by atoms with van der Waals surface area (Å²) < 4.78 is 15.8. The quantitative estimate of drug-likeness (QED) is 0.594. The number of benzene rings is 2. The maximum atomic E-state index is 12.0. The molecule has 1 N–H and O–H groups in total. The summed E-state index contributed by atoms with van der Waals surface area (Å²) >= 11 is 0. The van der Waals surface area contributed by atoms with Crippen LogP contribution in [0.3, 0.4) is 0 Å². The van der Waals surface area contributed by atoms with Gasteiger partial charge in [0.2, 0.25) is 0 Å². The summed E-state index contributed by atoms with van der Waals surface area (Å²) in [4.78, 5) is 34.4. The average Bonchev–Trinajstić information content (AvgIpc) is 2.71. The van der Waals surface area contributed by atoms with Gasteiger partial charge in [-0.3, -0.25) is 4.79 Å². The number of rotatable bonds is 7. The first-order valence-electron chi connectivity index (χ1n) is 8.72. The first kappa shape index (κ1) is 19.9. The Labute approximate surface area is 165 Å². The predicted octanol–water partition coefficient (Wildman–Crippen LogP) is 1.10. The molecule has 0 unspecified atom stereocenters. The van der Waals surface area contributed by atoms with E-state index >= 15 is 0 Å². The van der Waals surface area contributed by atoms with Crippen LogP contribution >= 0.6 is 0 Å². The highest BCUT2D eigenvalue weighted by Crippen LogP contribution is 2.30. The molecule has 150 valence electrons. The van der Waals surface area contributed by atoms with E-state index in [4.69, 9.17) is 13.9 Å². The van der Waals surface area contributed by atoms with Crippen LogP contribution in [0.2, 0.25) is 0 Å². The van der Waals surface area contributed by atoms with Crippen molar-refractivity contribution in [2.45, 2.75) is 13.0 Å². The van der Waals surface area contributed by atoms with Gasteiger partial charge in [0, 0.05) is 17.5 Å². The van der Waals surface area contributed by atoms with Gasteiger partial charge in [-0.15, -0.1) is 0 Å². The third kappa shape index (κ3) is 4.73. The number of carboxylic acids is 1. The highest BCUT2D eigenvalue weighted by Gasteiger charge is 2.12. The van der Waals surface area contributed by atoms with Gasteiger partial charge in [-0.1, -0.05) is 12.1 Å². The zero-order valence-corrected chi connectivity index (χ0v) is 15.8. The molecule has 0 fully saturated rings. The van der Waals surface area contributed by atoms with Gasteiger partial charge in [-0.2, -0.15) is 0 Å². The minimum Gasteiger partial charge on any atom is -0.548 e. The predicted molar refractivity (Wildman–Crippen MR) is 103 cm³/mol. The molecule has 1 amide bonds. The number of hydrogen-bond donors (Lipinski definition) is 1. The van der Waals surface area contributed by atoms with Crippen molar-refractivity contribution in [2.24, 2.45) is 0 Å². The van der Waals surface area contributed by atoms with Crippen LogP contribution in [0.4, 0.5) is 0 Å². The monoisotopic (exact) mass is 396 g/mol. The van der Waals surface area contributed by atoms with Crippen LogP contribution in [0.25, 0.3) is 22.1 Å². The van der Waals surface area contributed by atoms with E-state index in [1.165, 1.54) is 19.1 Å². The first-order chi connectivity index (χ1) is 13.9. The molecule has 1 aromatic heterocycles. The number of nitrogens with one attached hydrogen (secondary N) is 1. The van der Waals surface area contributed by atoms with Crippen LogP contribution in [0.1, 0.15) is 6.92 Å². The fourth-order valence-electron chi connectivity index (χ4n) is 2.73. The third-order valence-electron chi connectivity index (χ3n) is 4.22. The van der Waals surface area contributed by atoms with Crippen molar-refractivity contribution in [2.75, 3.05) is 13.7 Å². The van der Waals surface area contributed by atoms with Crippen molar-refractivity contribution >= 4 is 22.8 Å². The number of methoxy groups -OCH3 is 1. The molecular formula is C21H18NO7-. The number of carbonyl (C=O) groups excluding carboxylic acids is 2. The molecule has 0 spiro atoms. The molecule has 0 aliphatic carbocycles. The van der Waals surface area contributed by atoms with Crippen molar-refractivity contribution in [1.82, 2.24) is 5.32 Å². The maximum absolute atomic E-state index is 12.0. The SMILES string of the molecule is COc1ccc(-c2cc(=O)oc3cc(OCC(=O)N[C@@H](C)C(=O)[O-])ccc23)cc1. The van der Waals surface area contributed by atoms with Crippen molar-refractivity contribution in [1.29, 1.82) is 0 Å². The Hall–Kier alpha value is -3.81. The average molecular weight is 396 g/mol. The molecule has 0 saturated carbocycles. The van der Waals surface area contributed by atoms with E-state index in [1.54, 1.807) is 31.4 Å². The standard InChI is InChI=1S/C21H19NO7/c1-12(21(25)26)22-19(23)11-28-15-7-8-16-17(10-20(24)29-18(16)9-15)13-3-5-14(27-2)6-4-13/h3-10,12H,11H2,1-2H3,(H,22,23)(H,25,26)/p-1/t12-/m0/s1. The van der Waals surface area contributed by atoms with E-state index in [-0.39, 0.29) is 0 Å². The van der Waals surface area contributed by atoms with Gasteiger partial charge in [0.15, 0.2) is 6.61 Å². The highest BCUT2D eigenvalue weighted by molar-refractivity contribution is 5.94. The summed E-state index contributed by atoms with van der Waals surface area (Å²) in [6.45, 7) is 0.893. The Morgan fingerprint density at radius 2 is 1.79 bits per heavy atom. The number of ether oxygens (including phenoxy) is 2. The fourth-order valence-corrected chi connectivity index (χ4v) is 2.73. The Morgan fingerprint density at radius 3 is 2.45 bits per heavy atom. The van der Waals surface area contributed by atoms with Crippen LogP contribution in [-0.4, -0.2) is 31.6 Å². The fraction of sp³-hybridized carbons (Fsp3) is 0.190.